The number of halogens is 1. The van der Waals surface area contributed by atoms with Crippen LogP contribution in [0.1, 0.15) is 15.9 Å². The summed E-state index contributed by atoms with van der Waals surface area (Å²) >= 11 is 6.02. The molecule has 1 amide bonds. The van der Waals surface area contributed by atoms with Crippen molar-refractivity contribution in [3.05, 3.63) is 77.1 Å². The summed E-state index contributed by atoms with van der Waals surface area (Å²) in [5.41, 5.74) is 13.2. The highest BCUT2D eigenvalue weighted by Gasteiger charge is 2.12. The molecule has 0 saturated heterocycles. The van der Waals surface area contributed by atoms with Crippen molar-refractivity contribution in [2.75, 3.05) is 23.0 Å². The van der Waals surface area contributed by atoms with Crippen molar-refractivity contribution in [1.82, 2.24) is 15.4 Å². The summed E-state index contributed by atoms with van der Waals surface area (Å²) < 4.78 is 0. The molecule has 0 unspecified atom stereocenters. The first kappa shape index (κ1) is 18.5. The van der Waals surface area contributed by atoms with Gasteiger partial charge in [0.25, 0.3) is 5.91 Å². The Morgan fingerprint density at radius 1 is 1.00 bits per heavy atom. The highest BCUT2D eigenvalue weighted by Crippen LogP contribution is 2.22. The molecule has 0 radical (unpaired) electrons. The molecule has 0 aliphatic rings. The van der Waals surface area contributed by atoms with Crippen molar-refractivity contribution < 1.29 is 4.79 Å². The number of hydrogen-bond acceptors (Lipinski definition) is 6. The molecular weight excluding hydrogens is 364 g/mol. The van der Waals surface area contributed by atoms with E-state index in [0.717, 1.165) is 6.42 Å². The van der Waals surface area contributed by atoms with Gasteiger partial charge in [0.05, 0.1) is 10.6 Å². The fourth-order valence-corrected chi connectivity index (χ4v) is 2.66. The molecule has 0 aliphatic carbocycles. The molecule has 5 N–H and O–H groups in total. The lowest BCUT2D eigenvalue weighted by Gasteiger charge is -2.13. The van der Waals surface area contributed by atoms with Gasteiger partial charge in [0.15, 0.2) is 11.6 Å². The van der Waals surface area contributed by atoms with Crippen molar-refractivity contribution in [3.8, 4) is 0 Å². The first-order valence-electron chi connectivity index (χ1n) is 8.34. The average molecular weight is 383 g/mol. The topological polar surface area (TPSA) is 105 Å². The minimum atomic E-state index is -0.391. The predicted molar refractivity (Wildman–Crippen MR) is 108 cm³/mol. The minimum absolute atomic E-state index is 0.299. The van der Waals surface area contributed by atoms with Gasteiger partial charge in [-0.05, 0) is 24.1 Å². The third-order valence-corrected chi connectivity index (χ3v) is 4.18. The normalized spacial score (nSPS) is 10.3. The number of anilines is 3. The van der Waals surface area contributed by atoms with Crippen LogP contribution in [0.3, 0.4) is 0 Å². The fraction of sp³-hybridized carbons (Fsp3) is 0.105. The average Bonchev–Trinajstić information content (AvgIpc) is 2.69. The van der Waals surface area contributed by atoms with Gasteiger partial charge in [0.2, 0.25) is 0 Å². The molecule has 0 spiro atoms. The van der Waals surface area contributed by atoms with E-state index in [1.807, 2.05) is 18.2 Å². The number of benzene rings is 2. The van der Waals surface area contributed by atoms with E-state index in [9.17, 15) is 4.79 Å². The molecule has 3 aromatic rings. The Morgan fingerprint density at radius 3 is 2.48 bits per heavy atom. The van der Waals surface area contributed by atoms with Crippen LogP contribution in [0.2, 0.25) is 5.02 Å². The molecule has 0 fully saturated rings. The number of amides is 1. The van der Waals surface area contributed by atoms with Gasteiger partial charge in [-0.1, -0.05) is 54.1 Å². The third kappa shape index (κ3) is 4.86. The first-order valence-corrected chi connectivity index (χ1v) is 8.72. The molecule has 1 aromatic heterocycles. The zero-order valence-electron chi connectivity index (χ0n) is 14.4. The van der Waals surface area contributed by atoms with Gasteiger partial charge in [-0.3, -0.25) is 15.6 Å². The van der Waals surface area contributed by atoms with Gasteiger partial charge in [-0.2, -0.15) is 0 Å². The summed E-state index contributed by atoms with van der Waals surface area (Å²) in [5, 5.41) is 3.54. The number of hydrogen-bond donors (Lipinski definition) is 4. The van der Waals surface area contributed by atoms with Gasteiger partial charge in [0.1, 0.15) is 12.0 Å². The molecule has 138 valence electrons. The largest absolute Gasteiger partial charge is 0.393 e. The quantitative estimate of drug-likeness (QED) is 0.468. The summed E-state index contributed by atoms with van der Waals surface area (Å²) in [6.45, 7) is 0.663. The molecule has 1 heterocycles. The van der Waals surface area contributed by atoms with Crippen molar-refractivity contribution in [1.29, 1.82) is 0 Å². The van der Waals surface area contributed by atoms with Crippen molar-refractivity contribution in [3.63, 3.8) is 0 Å². The van der Waals surface area contributed by atoms with E-state index < -0.39 is 5.91 Å². The lowest BCUT2D eigenvalue weighted by Crippen LogP contribution is -2.30. The van der Waals surface area contributed by atoms with Crippen molar-refractivity contribution in [2.45, 2.75) is 6.42 Å². The van der Waals surface area contributed by atoms with E-state index in [4.69, 9.17) is 17.3 Å². The van der Waals surface area contributed by atoms with E-state index in [2.05, 4.69) is 38.3 Å². The third-order valence-electron chi connectivity index (χ3n) is 3.85. The second-order valence-electron chi connectivity index (χ2n) is 5.71. The SMILES string of the molecule is Nc1c(NCCc2ccccc2)ncnc1NNC(=O)c1ccccc1Cl. The second kappa shape index (κ2) is 8.86. The number of nitrogens with one attached hydrogen (secondary N) is 3. The zero-order chi connectivity index (χ0) is 19.1. The number of nitrogens with two attached hydrogens (primary N) is 1. The van der Waals surface area contributed by atoms with E-state index in [1.54, 1.807) is 24.3 Å². The number of rotatable bonds is 7. The van der Waals surface area contributed by atoms with Gasteiger partial charge in [0, 0.05) is 6.54 Å². The summed E-state index contributed by atoms with van der Waals surface area (Å²) in [4.78, 5) is 20.4. The smallest absolute Gasteiger partial charge is 0.271 e. The Kier molecular flexibility index (Phi) is 6.06. The van der Waals surface area contributed by atoms with Crippen LogP contribution in [-0.2, 0) is 6.42 Å². The summed E-state index contributed by atoms with van der Waals surface area (Å²) in [6, 6.07) is 16.8. The van der Waals surface area contributed by atoms with Crippen LogP contribution < -0.4 is 21.9 Å². The fourth-order valence-electron chi connectivity index (χ4n) is 2.43. The molecule has 8 heteroatoms. The van der Waals surface area contributed by atoms with Crippen LogP contribution in [-0.4, -0.2) is 22.4 Å². The number of aromatic nitrogens is 2. The first-order chi connectivity index (χ1) is 13.1. The monoisotopic (exact) mass is 382 g/mol. The summed E-state index contributed by atoms with van der Waals surface area (Å²) in [5.74, 6) is 0.403. The molecule has 2 aromatic carbocycles. The van der Waals surface area contributed by atoms with Gasteiger partial charge in [-0.25, -0.2) is 9.97 Å². The van der Waals surface area contributed by atoms with Gasteiger partial charge < -0.3 is 11.1 Å². The Balaban J connectivity index is 1.59. The van der Waals surface area contributed by atoms with Crippen LogP contribution in [0.25, 0.3) is 0 Å². The van der Waals surface area contributed by atoms with Gasteiger partial charge >= 0.3 is 0 Å². The van der Waals surface area contributed by atoms with Crippen LogP contribution >= 0.6 is 11.6 Å². The van der Waals surface area contributed by atoms with Crippen molar-refractivity contribution >= 4 is 34.8 Å². The minimum Gasteiger partial charge on any atom is -0.393 e. The molecule has 0 aliphatic heterocycles. The van der Waals surface area contributed by atoms with E-state index in [0.29, 0.717) is 34.5 Å². The lowest BCUT2D eigenvalue weighted by molar-refractivity contribution is 0.0962. The van der Waals surface area contributed by atoms with E-state index >= 15 is 0 Å². The van der Waals surface area contributed by atoms with E-state index in [1.165, 1.54) is 11.9 Å². The number of nitrogens with zero attached hydrogens (tertiary/aromatic N) is 2. The van der Waals surface area contributed by atoms with Crippen LogP contribution in [0.4, 0.5) is 17.3 Å². The molecule has 0 atom stereocenters. The maximum absolute atomic E-state index is 12.2. The summed E-state index contributed by atoms with van der Waals surface area (Å²) in [6.07, 6.45) is 2.20. The number of carbonyl (C=O) groups is 1. The van der Waals surface area contributed by atoms with Crippen LogP contribution in [0.5, 0.6) is 0 Å². The summed E-state index contributed by atoms with van der Waals surface area (Å²) in [7, 11) is 0. The predicted octanol–water partition coefficient (Wildman–Crippen LogP) is 3.12. The molecule has 3 rings (SSSR count). The molecule has 7 nitrogen and oxygen atoms in total. The van der Waals surface area contributed by atoms with Gasteiger partial charge in [-0.15, -0.1) is 0 Å². The highest BCUT2D eigenvalue weighted by molar-refractivity contribution is 6.33. The highest BCUT2D eigenvalue weighted by atomic mass is 35.5. The van der Waals surface area contributed by atoms with Crippen LogP contribution in [0.15, 0.2) is 60.9 Å². The maximum Gasteiger partial charge on any atom is 0.271 e. The lowest BCUT2D eigenvalue weighted by atomic mass is 10.1. The molecule has 0 saturated carbocycles. The Hall–Kier alpha value is -3.32. The van der Waals surface area contributed by atoms with Crippen molar-refractivity contribution in [2.24, 2.45) is 0 Å². The van der Waals surface area contributed by atoms with Crippen LogP contribution in [0, 0.1) is 0 Å². The maximum atomic E-state index is 12.2. The Bertz CT molecular complexity index is 919. The molecule has 0 bridgehead atoms. The Morgan fingerprint density at radius 2 is 1.70 bits per heavy atom. The number of hydrazine groups is 1. The van der Waals surface area contributed by atoms with E-state index in [-0.39, 0.29) is 0 Å². The molecule has 27 heavy (non-hydrogen) atoms. The number of nitrogen functional groups attached to an aromatic ring is 1. The number of carbonyl (C=O) groups excluding carboxylic acids is 1. The second-order valence-corrected chi connectivity index (χ2v) is 6.11. The standard InChI is InChI=1S/C19H19ClN6O/c20-15-9-5-4-8-14(15)19(27)26-25-18-16(21)17(23-12-24-18)22-11-10-13-6-2-1-3-7-13/h1-9,12H,10-11,21H2,(H,26,27)(H2,22,23,24,25). The Labute approximate surface area is 162 Å². The molecular formula is C19H19ClN6O. The zero-order valence-corrected chi connectivity index (χ0v) is 15.2.